The van der Waals surface area contributed by atoms with Crippen LogP contribution in [0.5, 0.6) is 0 Å². The van der Waals surface area contributed by atoms with Crippen LogP contribution in [0.2, 0.25) is 0 Å². The van der Waals surface area contributed by atoms with Crippen molar-refractivity contribution in [2.45, 2.75) is 26.2 Å². The number of esters is 2. The van der Waals surface area contributed by atoms with Crippen LogP contribution in [-0.4, -0.2) is 50.1 Å². The van der Waals surface area contributed by atoms with Gasteiger partial charge in [0, 0.05) is 35.7 Å². The van der Waals surface area contributed by atoms with Crippen LogP contribution in [0.25, 0.3) is 0 Å². The van der Waals surface area contributed by atoms with Crippen LogP contribution in [-0.2, 0) is 28.6 Å². The molecule has 3 atom stereocenters. The largest absolute Gasteiger partial charge is 0.468 e. The number of carbonyl (C=O) groups excluding carboxylic acids is 3. The number of dihydropyridines is 1. The molecule has 0 bridgehead atoms. The first kappa shape index (κ1) is 24.1. The number of para-hydroxylation sites is 1. The van der Waals surface area contributed by atoms with Crippen molar-refractivity contribution >= 4 is 23.4 Å². The molecule has 0 fully saturated rings. The Kier molecular flexibility index (Phi) is 7.27. The van der Waals surface area contributed by atoms with Gasteiger partial charge in [-0.15, -0.1) is 0 Å². The van der Waals surface area contributed by atoms with E-state index in [0.29, 0.717) is 17.8 Å². The third-order valence-corrected chi connectivity index (χ3v) is 5.93. The summed E-state index contributed by atoms with van der Waals surface area (Å²) in [4.78, 5) is 50.4. The van der Waals surface area contributed by atoms with Gasteiger partial charge in [-0.25, -0.2) is 4.79 Å². The lowest BCUT2D eigenvalue weighted by Crippen LogP contribution is -2.43. The number of methoxy groups -OCH3 is 2. The summed E-state index contributed by atoms with van der Waals surface area (Å²) in [5.74, 6) is -4.45. The van der Waals surface area contributed by atoms with Crippen LogP contribution in [0, 0.1) is 22.0 Å². The predicted octanol–water partition coefficient (Wildman–Crippen LogP) is 2.40. The van der Waals surface area contributed by atoms with Gasteiger partial charge in [0.25, 0.3) is 5.69 Å². The molecule has 0 aromatic heterocycles. The summed E-state index contributed by atoms with van der Waals surface area (Å²) in [5, 5.41) is 14.9. The number of nitro benzene ring substituents is 1. The normalized spacial score (nSPS) is 22.4. The summed E-state index contributed by atoms with van der Waals surface area (Å²) < 4.78 is 15.1. The van der Waals surface area contributed by atoms with E-state index in [1.165, 1.54) is 32.4 Å². The maximum absolute atomic E-state index is 13.6. The van der Waals surface area contributed by atoms with E-state index in [0.717, 1.165) is 0 Å². The average Bonchev–Trinajstić information content (AvgIpc) is 2.77. The summed E-state index contributed by atoms with van der Waals surface area (Å²) >= 11 is 0. The van der Waals surface area contributed by atoms with Crippen LogP contribution in [0.15, 0.2) is 46.8 Å². The molecule has 0 saturated carbocycles. The lowest BCUT2D eigenvalue weighted by molar-refractivity contribution is -0.385. The van der Waals surface area contributed by atoms with Crippen LogP contribution in [0.1, 0.15) is 31.7 Å². The van der Waals surface area contributed by atoms with E-state index in [1.807, 2.05) is 0 Å². The van der Waals surface area contributed by atoms with Gasteiger partial charge < -0.3 is 19.5 Å². The molecule has 1 heterocycles. The van der Waals surface area contributed by atoms with Crippen molar-refractivity contribution in [1.82, 2.24) is 5.32 Å². The molecule has 0 unspecified atom stereocenters. The van der Waals surface area contributed by atoms with Gasteiger partial charge >= 0.3 is 11.9 Å². The first-order valence-electron chi connectivity index (χ1n) is 10.4. The second kappa shape index (κ2) is 9.95. The van der Waals surface area contributed by atoms with E-state index < -0.39 is 34.5 Å². The molecule has 10 nitrogen and oxygen atoms in total. The van der Waals surface area contributed by atoms with Crippen molar-refractivity contribution in [3.8, 4) is 0 Å². The number of allylic oxidation sites excluding steroid dienone is 3. The zero-order valence-corrected chi connectivity index (χ0v) is 18.9. The van der Waals surface area contributed by atoms with E-state index in [-0.39, 0.29) is 41.5 Å². The van der Waals surface area contributed by atoms with Crippen molar-refractivity contribution < 1.29 is 33.5 Å². The highest BCUT2D eigenvalue weighted by Crippen LogP contribution is 2.47. The Morgan fingerprint density at radius 1 is 1.21 bits per heavy atom. The van der Waals surface area contributed by atoms with Crippen molar-refractivity contribution in [2.75, 3.05) is 27.4 Å². The zero-order valence-electron chi connectivity index (χ0n) is 18.9. The lowest BCUT2D eigenvalue weighted by atomic mass is 9.69. The molecule has 0 amide bonds. The predicted molar refractivity (Wildman–Crippen MR) is 116 cm³/mol. The van der Waals surface area contributed by atoms with Crippen molar-refractivity contribution in [3.63, 3.8) is 0 Å². The summed E-state index contributed by atoms with van der Waals surface area (Å²) in [7, 11) is 2.66. The van der Waals surface area contributed by atoms with E-state index in [4.69, 9.17) is 14.2 Å². The number of nitrogens with zero attached hydrogens (tertiary/aromatic N) is 1. The van der Waals surface area contributed by atoms with Gasteiger partial charge in [0.15, 0.2) is 5.78 Å². The van der Waals surface area contributed by atoms with E-state index in [9.17, 15) is 24.5 Å². The highest BCUT2D eigenvalue weighted by molar-refractivity contribution is 6.12. The molecular formula is C23H26N2O8. The minimum absolute atomic E-state index is 0.0304. The smallest absolute Gasteiger partial charge is 0.336 e. The minimum Gasteiger partial charge on any atom is -0.468 e. The van der Waals surface area contributed by atoms with Crippen LogP contribution in [0.3, 0.4) is 0 Å². The molecular weight excluding hydrogens is 432 g/mol. The van der Waals surface area contributed by atoms with Crippen LogP contribution < -0.4 is 5.32 Å². The first-order valence-corrected chi connectivity index (χ1v) is 10.4. The molecule has 3 rings (SSSR count). The number of hydrogen-bond acceptors (Lipinski definition) is 9. The van der Waals surface area contributed by atoms with Crippen molar-refractivity contribution in [2.24, 2.45) is 11.8 Å². The number of rotatable bonds is 7. The molecule has 0 radical (unpaired) electrons. The molecule has 10 heteroatoms. The van der Waals surface area contributed by atoms with E-state index in [1.54, 1.807) is 19.9 Å². The molecule has 1 aliphatic heterocycles. The van der Waals surface area contributed by atoms with Gasteiger partial charge in [0.1, 0.15) is 12.5 Å². The molecule has 176 valence electrons. The number of Topliss-reactive ketones (excluding diaryl/α,β-unsaturated/α-hetero) is 1. The lowest BCUT2D eigenvalue weighted by Gasteiger charge is -2.38. The minimum atomic E-state index is -1.08. The SMILES string of the molecule is COCCOC(=O)C1=C(C)NC2=C(C(=O)[C@@H](C(=O)OC)[C@H](C)C2)[C@@H]1c1ccccc1[N+](=O)[O-]. The maximum atomic E-state index is 13.6. The number of ketones is 1. The number of ether oxygens (including phenoxy) is 3. The van der Waals surface area contributed by atoms with Gasteiger partial charge in [0.2, 0.25) is 0 Å². The third-order valence-electron chi connectivity index (χ3n) is 5.93. The Balaban J connectivity index is 2.20. The molecule has 0 saturated heterocycles. The summed E-state index contributed by atoms with van der Waals surface area (Å²) in [5.41, 5.74) is 1.10. The monoisotopic (exact) mass is 458 g/mol. The van der Waals surface area contributed by atoms with Crippen molar-refractivity contribution in [3.05, 3.63) is 62.5 Å². The first-order chi connectivity index (χ1) is 15.7. The fourth-order valence-electron chi connectivity index (χ4n) is 4.46. The molecule has 1 N–H and O–H groups in total. The Morgan fingerprint density at radius 2 is 1.91 bits per heavy atom. The van der Waals surface area contributed by atoms with Gasteiger partial charge in [-0.2, -0.15) is 0 Å². The third kappa shape index (κ3) is 4.51. The van der Waals surface area contributed by atoms with Gasteiger partial charge in [-0.3, -0.25) is 19.7 Å². The highest BCUT2D eigenvalue weighted by Gasteiger charge is 2.48. The van der Waals surface area contributed by atoms with Crippen molar-refractivity contribution in [1.29, 1.82) is 0 Å². The standard InChI is InChI=1S/C23H26N2O8/c1-12-11-15-20(21(26)17(12)22(27)32-4)19(14-7-5-6-8-16(14)25(29)30)18(13(2)24-15)23(28)33-10-9-31-3/h5-8,12,17,19,24H,9-11H2,1-4H3/t12-,17+,19-/m1/s1. The summed E-state index contributed by atoms with van der Waals surface area (Å²) in [6.07, 6.45) is 0.335. The van der Waals surface area contributed by atoms with Crippen LogP contribution in [0.4, 0.5) is 5.69 Å². The molecule has 33 heavy (non-hydrogen) atoms. The molecule has 1 aromatic rings. The van der Waals surface area contributed by atoms with E-state index in [2.05, 4.69) is 5.32 Å². The molecule has 0 spiro atoms. The fraction of sp³-hybridized carbons (Fsp3) is 0.435. The Bertz CT molecular complexity index is 1060. The zero-order chi connectivity index (χ0) is 24.3. The molecule has 1 aliphatic carbocycles. The number of nitro groups is 1. The van der Waals surface area contributed by atoms with Gasteiger partial charge in [0.05, 0.1) is 30.1 Å². The highest BCUT2D eigenvalue weighted by atomic mass is 16.6. The Labute approximate surface area is 190 Å². The van der Waals surface area contributed by atoms with Crippen LogP contribution >= 0.6 is 0 Å². The Hall–Kier alpha value is -3.53. The topological polar surface area (TPSA) is 134 Å². The molecule has 2 aliphatic rings. The van der Waals surface area contributed by atoms with E-state index >= 15 is 0 Å². The average molecular weight is 458 g/mol. The number of carbonyl (C=O) groups is 3. The molecule has 1 aromatic carbocycles. The fourth-order valence-corrected chi connectivity index (χ4v) is 4.46. The Morgan fingerprint density at radius 3 is 2.55 bits per heavy atom. The van der Waals surface area contributed by atoms with Gasteiger partial charge in [-0.05, 0) is 19.3 Å². The summed E-state index contributed by atoms with van der Waals surface area (Å²) in [6.45, 7) is 3.55. The number of hydrogen-bond donors (Lipinski definition) is 1. The van der Waals surface area contributed by atoms with Gasteiger partial charge in [-0.1, -0.05) is 25.1 Å². The maximum Gasteiger partial charge on any atom is 0.336 e. The number of nitrogens with one attached hydrogen (secondary N) is 1. The number of benzene rings is 1. The second-order valence-corrected chi connectivity index (χ2v) is 7.98. The summed E-state index contributed by atoms with van der Waals surface area (Å²) in [6, 6.07) is 5.93. The quantitative estimate of drug-likeness (QED) is 0.215. The second-order valence-electron chi connectivity index (χ2n) is 7.98.